The van der Waals surface area contributed by atoms with Crippen LogP contribution >= 0.6 is 0 Å². The van der Waals surface area contributed by atoms with Crippen molar-refractivity contribution in [2.24, 2.45) is 0 Å². The molecule has 2 fully saturated rings. The molecule has 0 aliphatic carbocycles. The molecule has 142 valence electrons. The lowest BCUT2D eigenvalue weighted by Crippen LogP contribution is -2.49. The standard InChI is InChI=1S/C18H26N4O3S/c1-14(23)22-9-4-15-12-17(2-3-18(15)22)26(24,25)21-8-5-16(13-21)20-10-6-19-7-11-20/h2-3,12,16,19H,4-11,13H2,1H3. The molecule has 0 aromatic heterocycles. The van der Waals surface area contributed by atoms with Gasteiger partial charge in [-0.2, -0.15) is 4.31 Å². The molecule has 1 aromatic carbocycles. The van der Waals surface area contributed by atoms with E-state index in [0.717, 1.165) is 43.9 Å². The topological polar surface area (TPSA) is 73.0 Å². The van der Waals surface area contributed by atoms with Crippen molar-refractivity contribution in [1.82, 2.24) is 14.5 Å². The second kappa shape index (κ2) is 6.92. The number of nitrogens with one attached hydrogen (secondary N) is 1. The van der Waals surface area contributed by atoms with E-state index < -0.39 is 10.0 Å². The van der Waals surface area contributed by atoms with Crippen LogP contribution in [0.5, 0.6) is 0 Å². The van der Waals surface area contributed by atoms with E-state index in [1.807, 2.05) is 0 Å². The van der Waals surface area contributed by atoms with Crippen molar-refractivity contribution in [3.63, 3.8) is 0 Å². The van der Waals surface area contributed by atoms with E-state index in [0.29, 0.717) is 37.0 Å². The average molecular weight is 378 g/mol. The van der Waals surface area contributed by atoms with Gasteiger partial charge in [-0.25, -0.2) is 8.42 Å². The molecule has 1 unspecified atom stereocenters. The van der Waals surface area contributed by atoms with E-state index in [1.165, 1.54) is 0 Å². The number of carbonyl (C=O) groups excluding carboxylic acids is 1. The van der Waals surface area contributed by atoms with E-state index in [9.17, 15) is 13.2 Å². The van der Waals surface area contributed by atoms with Crippen molar-refractivity contribution in [2.75, 3.05) is 50.7 Å². The van der Waals surface area contributed by atoms with Gasteiger partial charge in [0, 0.05) is 64.5 Å². The molecule has 1 atom stereocenters. The maximum Gasteiger partial charge on any atom is 0.243 e. The molecule has 7 nitrogen and oxygen atoms in total. The first-order valence-electron chi connectivity index (χ1n) is 9.33. The minimum Gasteiger partial charge on any atom is -0.314 e. The van der Waals surface area contributed by atoms with Gasteiger partial charge in [-0.3, -0.25) is 9.69 Å². The van der Waals surface area contributed by atoms with Crippen LogP contribution in [0.3, 0.4) is 0 Å². The monoisotopic (exact) mass is 378 g/mol. The second-order valence-corrected chi connectivity index (χ2v) is 9.24. The summed E-state index contributed by atoms with van der Waals surface area (Å²) in [4.78, 5) is 16.1. The van der Waals surface area contributed by atoms with E-state index in [-0.39, 0.29) is 5.91 Å². The SMILES string of the molecule is CC(=O)N1CCc2cc(S(=O)(=O)N3CCC(N4CCNCC4)C3)ccc21. The number of rotatable bonds is 3. The van der Waals surface area contributed by atoms with Gasteiger partial charge < -0.3 is 10.2 Å². The van der Waals surface area contributed by atoms with Crippen molar-refractivity contribution in [2.45, 2.75) is 30.7 Å². The number of fused-ring (bicyclic) bond motifs is 1. The summed E-state index contributed by atoms with van der Waals surface area (Å²) < 4.78 is 27.8. The molecule has 0 saturated carbocycles. The molecular formula is C18H26N4O3S. The van der Waals surface area contributed by atoms with E-state index in [1.54, 1.807) is 34.3 Å². The van der Waals surface area contributed by atoms with Gasteiger partial charge in [-0.05, 0) is 36.6 Å². The summed E-state index contributed by atoms with van der Waals surface area (Å²) in [6.45, 7) is 7.23. The molecule has 1 amide bonds. The fourth-order valence-electron chi connectivity index (χ4n) is 4.29. The Morgan fingerprint density at radius 2 is 1.92 bits per heavy atom. The van der Waals surface area contributed by atoms with Crippen LogP contribution in [-0.2, 0) is 21.2 Å². The van der Waals surface area contributed by atoms with Crippen LogP contribution in [0.2, 0.25) is 0 Å². The zero-order valence-electron chi connectivity index (χ0n) is 15.1. The van der Waals surface area contributed by atoms with Crippen LogP contribution in [0.1, 0.15) is 18.9 Å². The molecule has 3 aliphatic heterocycles. The number of hydrogen-bond donors (Lipinski definition) is 1. The summed E-state index contributed by atoms with van der Waals surface area (Å²) in [5, 5.41) is 3.34. The molecule has 0 spiro atoms. The van der Waals surface area contributed by atoms with Crippen LogP contribution in [-0.4, -0.2) is 75.4 Å². The van der Waals surface area contributed by atoms with E-state index in [2.05, 4.69) is 10.2 Å². The van der Waals surface area contributed by atoms with Crippen molar-refractivity contribution >= 4 is 21.6 Å². The first kappa shape index (κ1) is 17.9. The molecule has 1 N–H and O–H groups in total. The van der Waals surface area contributed by atoms with Gasteiger partial charge in [-0.1, -0.05) is 0 Å². The van der Waals surface area contributed by atoms with Gasteiger partial charge in [0.15, 0.2) is 0 Å². The normalized spacial score (nSPS) is 24.8. The minimum absolute atomic E-state index is 0.00207. The van der Waals surface area contributed by atoms with Gasteiger partial charge in [0.2, 0.25) is 15.9 Å². The summed E-state index contributed by atoms with van der Waals surface area (Å²) >= 11 is 0. The van der Waals surface area contributed by atoms with Crippen molar-refractivity contribution < 1.29 is 13.2 Å². The summed E-state index contributed by atoms with van der Waals surface area (Å²) in [6, 6.07) is 5.49. The lowest BCUT2D eigenvalue weighted by Gasteiger charge is -2.32. The Morgan fingerprint density at radius 3 is 2.65 bits per heavy atom. The predicted molar refractivity (Wildman–Crippen MR) is 99.8 cm³/mol. The van der Waals surface area contributed by atoms with E-state index >= 15 is 0 Å². The number of carbonyl (C=O) groups is 1. The highest BCUT2D eigenvalue weighted by molar-refractivity contribution is 7.89. The van der Waals surface area contributed by atoms with Crippen molar-refractivity contribution in [3.8, 4) is 0 Å². The van der Waals surface area contributed by atoms with E-state index in [4.69, 9.17) is 0 Å². The third-order valence-electron chi connectivity index (χ3n) is 5.76. The lowest BCUT2D eigenvalue weighted by atomic mass is 10.2. The maximum atomic E-state index is 13.1. The number of nitrogens with zero attached hydrogens (tertiary/aromatic N) is 3. The molecule has 8 heteroatoms. The Hall–Kier alpha value is -1.48. The molecule has 0 bridgehead atoms. The first-order valence-corrected chi connectivity index (χ1v) is 10.8. The molecule has 0 radical (unpaired) electrons. The second-order valence-electron chi connectivity index (χ2n) is 7.30. The third kappa shape index (κ3) is 3.15. The zero-order valence-corrected chi connectivity index (χ0v) is 16.0. The fraction of sp³-hybridized carbons (Fsp3) is 0.611. The summed E-state index contributed by atoms with van der Waals surface area (Å²) in [5.41, 5.74) is 1.79. The van der Waals surface area contributed by atoms with Crippen LogP contribution in [0.25, 0.3) is 0 Å². The molecule has 3 aliphatic rings. The Labute approximate surface area is 155 Å². The van der Waals surface area contributed by atoms with Crippen molar-refractivity contribution in [1.29, 1.82) is 0 Å². The fourth-order valence-corrected chi connectivity index (χ4v) is 5.83. The Morgan fingerprint density at radius 1 is 1.15 bits per heavy atom. The number of piperazine rings is 1. The average Bonchev–Trinajstić information content (AvgIpc) is 3.29. The Bertz CT molecular complexity index is 805. The third-order valence-corrected chi connectivity index (χ3v) is 7.62. The number of hydrogen-bond acceptors (Lipinski definition) is 5. The highest BCUT2D eigenvalue weighted by atomic mass is 32.2. The van der Waals surface area contributed by atoms with Crippen molar-refractivity contribution in [3.05, 3.63) is 23.8 Å². The minimum atomic E-state index is -3.48. The van der Waals surface area contributed by atoms with Gasteiger partial charge in [-0.15, -0.1) is 0 Å². The summed E-state index contributed by atoms with van der Waals surface area (Å²) in [5.74, 6) is -0.00207. The molecule has 3 heterocycles. The summed E-state index contributed by atoms with van der Waals surface area (Å²) in [6.07, 6.45) is 1.60. The van der Waals surface area contributed by atoms with Gasteiger partial charge in [0.05, 0.1) is 4.90 Å². The number of anilines is 1. The Balaban J connectivity index is 1.51. The maximum absolute atomic E-state index is 13.1. The van der Waals surface area contributed by atoms with Gasteiger partial charge >= 0.3 is 0 Å². The van der Waals surface area contributed by atoms with Crippen LogP contribution in [0.4, 0.5) is 5.69 Å². The molecular weight excluding hydrogens is 352 g/mol. The smallest absolute Gasteiger partial charge is 0.243 e. The molecule has 26 heavy (non-hydrogen) atoms. The highest BCUT2D eigenvalue weighted by Crippen LogP contribution is 2.32. The zero-order chi connectivity index (χ0) is 18.3. The quantitative estimate of drug-likeness (QED) is 0.817. The molecule has 2 saturated heterocycles. The van der Waals surface area contributed by atoms with Gasteiger partial charge in [0.1, 0.15) is 0 Å². The van der Waals surface area contributed by atoms with Crippen LogP contribution in [0, 0.1) is 0 Å². The number of benzene rings is 1. The number of sulfonamides is 1. The predicted octanol–water partition coefficient (Wildman–Crippen LogP) is 0.264. The molecule has 4 rings (SSSR count). The van der Waals surface area contributed by atoms with Gasteiger partial charge in [0.25, 0.3) is 0 Å². The lowest BCUT2D eigenvalue weighted by molar-refractivity contribution is -0.116. The van der Waals surface area contributed by atoms with Crippen LogP contribution < -0.4 is 10.2 Å². The first-order chi connectivity index (χ1) is 12.5. The summed E-state index contributed by atoms with van der Waals surface area (Å²) in [7, 11) is -3.48. The number of amides is 1. The molecule has 1 aromatic rings. The highest BCUT2D eigenvalue weighted by Gasteiger charge is 2.36. The Kier molecular flexibility index (Phi) is 4.77. The van der Waals surface area contributed by atoms with Crippen LogP contribution in [0.15, 0.2) is 23.1 Å². The largest absolute Gasteiger partial charge is 0.314 e.